The Bertz CT molecular complexity index is 766. The van der Waals surface area contributed by atoms with Crippen molar-refractivity contribution in [2.45, 2.75) is 13.5 Å². The maximum Gasteiger partial charge on any atom is 0.223 e. The molecule has 2 aromatic heterocycles. The van der Waals surface area contributed by atoms with Gasteiger partial charge in [0, 0.05) is 13.0 Å². The van der Waals surface area contributed by atoms with E-state index >= 15 is 0 Å². The van der Waals surface area contributed by atoms with E-state index in [1.807, 2.05) is 0 Å². The molecule has 98 valence electrons. The SMILES string of the molecule is Cc1nc(Cn2c(N)nc3cc(F)c(Cl)cc32)no1. The summed E-state index contributed by atoms with van der Waals surface area (Å²) in [5, 5.41) is 3.79. The maximum absolute atomic E-state index is 13.4. The zero-order chi connectivity index (χ0) is 13.6. The van der Waals surface area contributed by atoms with Crippen LogP contribution in [-0.4, -0.2) is 19.7 Å². The second-order valence-corrected chi connectivity index (χ2v) is 4.45. The van der Waals surface area contributed by atoms with Crippen LogP contribution in [0, 0.1) is 12.7 Å². The molecule has 0 bridgehead atoms. The minimum Gasteiger partial charge on any atom is -0.369 e. The van der Waals surface area contributed by atoms with Gasteiger partial charge >= 0.3 is 0 Å². The summed E-state index contributed by atoms with van der Waals surface area (Å²) >= 11 is 5.77. The van der Waals surface area contributed by atoms with Gasteiger partial charge in [0.15, 0.2) is 5.82 Å². The van der Waals surface area contributed by atoms with Crippen molar-refractivity contribution in [2.75, 3.05) is 5.73 Å². The van der Waals surface area contributed by atoms with Gasteiger partial charge in [-0.3, -0.25) is 0 Å². The van der Waals surface area contributed by atoms with Gasteiger partial charge in [0.1, 0.15) is 5.82 Å². The second kappa shape index (κ2) is 4.20. The highest BCUT2D eigenvalue weighted by molar-refractivity contribution is 6.31. The number of hydrogen-bond acceptors (Lipinski definition) is 5. The minimum atomic E-state index is -0.533. The number of rotatable bonds is 2. The van der Waals surface area contributed by atoms with E-state index < -0.39 is 5.82 Å². The molecular formula is C11H9ClFN5O. The van der Waals surface area contributed by atoms with E-state index in [1.54, 1.807) is 11.5 Å². The standard InChI is InChI=1S/C11H9ClFN5O/c1-5-15-10(17-19-5)4-18-9-2-6(12)7(13)3-8(9)16-11(18)14/h2-3H,4H2,1H3,(H2,14,16). The minimum absolute atomic E-state index is 0.0120. The number of aromatic nitrogens is 4. The normalized spacial score (nSPS) is 11.3. The van der Waals surface area contributed by atoms with Crippen LogP contribution >= 0.6 is 11.6 Å². The lowest BCUT2D eigenvalue weighted by atomic mass is 10.3. The van der Waals surface area contributed by atoms with Gasteiger partial charge < -0.3 is 14.8 Å². The molecule has 0 unspecified atom stereocenters. The summed E-state index contributed by atoms with van der Waals surface area (Å²) in [4.78, 5) is 8.16. The van der Waals surface area contributed by atoms with E-state index in [0.717, 1.165) is 0 Å². The molecule has 8 heteroatoms. The lowest BCUT2D eigenvalue weighted by Crippen LogP contribution is -2.05. The molecule has 0 fully saturated rings. The molecule has 1 aromatic carbocycles. The summed E-state index contributed by atoms with van der Waals surface area (Å²) in [6.45, 7) is 1.97. The molecule has 0 saturated carbocycles. The molecule has 2 heterocycles. The molecule has 0 atom stereocenters. The summed E-state index contributed by atoms with van der Waals surface area (Å²) in [6.07, 6.45) is 0. The highest BCUT2D eigenvalue weighted by Gasteiger charge is 2.14. The third-order valence-electron chi connectivity index (χ3n) is 2.69. The number of anilines is 1. The zero-order valence-corrected chi connectivity index (χ0v) is 10.6. The number of nitrogen functional groups attached to an aromatic ring is 1. The van der Waals surface area contributed by atoms with Crippen molar-refractivity contribution in [1.82, 2.24) is 19.7 Å². The first-order valence-corrected chi connectivity index (χ1v) is 5.82. The van der Waals surface area contributed by atoms with Crippen LogP contribution in [0.15, 0.2) is 16.7 Å². The first-order valence-electron chi connectivity index (χ1n) is 5.44. The summed E-state index contributed by atoms with van der Waals surface area (Å²) in [7, 11) is 0. The van der Waals surface area contributed by atoms with Crippen molar-refractivity contribution in [3.8, 4) is 0 Å². The first kappa shape index (κ1) is 11.9. The van der Waals surface area contributed by atoms with Crippen molar-refractivity contribution in [2.24, 2.45) is 0 Å². The van der Waals surface area contributed by atoms with Gasteiger partial charge in [-0.25, -0.2) is 9.37 Å². The molecule has 3 rings (SSSR count). The molecule has 0 aliphatic carbocycles. The van der Waals surface area contributed by atoms with Gasteiger partial charge in [0.25, 0.3) is 0 Å². The van der Waals surface area contributed by atoms with Gasteiger partial charge in [0.2, 0.25) is 11.8 Å². The fourth-order valence-corrected chi connectivity index (χ4v) is 2.01. The van der Waals surface area contributed by atoms with Crippen LogP contribution in [0.2, 0.25) is 5.02 Å². The highest BCUT2D eigenvalue weighted by atomic mass is 35.5. The van der Waals surface area contributed by atoms with Crippen LogP contribution in [0.3, 0.4) is 0 Å². The number of hydrogen-bond donors (Lipinski definition) is 1. The Morgan fingerprint density at radius 2 is 2.21 bits per heavy atom. The molecule has 0 spiro atoms. The molecule has 19 heavy (non-hydrogen) atoms. The fraction of sp³-hybridized carbons (Fsp3) is 0.182. The van der Waals surface area contributed by atoms with Crippen molar-refractivity contribution < 1.29 is 8.91 Å². The Hall–Kier alpha value is -2.15. The molecule has 3 aromatic rings. The molecule has 2 N–H and O–H groups in total. The molecule has 0 amide bonds. The summed E-state index contributed by atoms with van der Waals surface area (Å²) in [5.41, 5.74) is 6.86. The van der Waals surface area contributed by atoms with E-state index in [9.17, 15) is 4.39 Å². The summed E-state index contributed by atoms with van der Waals surface area (Å²) in [6, 6.07) is 2.72. The summed E-state index contributed by atoms with van der Waals surface area (Å²) < 4.78 is 19.9. The monoisotopic (exact) mass is 281 g/mol. The maximum atomic E-state index is 13.4. The van der Waals surface area contributed by atoms with E-state index in [0.29, 0.717) is 22.7 Å². The predicted octanol–water partition coefficient (Wildman–Crippen LogP) is 2.15. The Labute approximate surface area is 112 Å². The Kier molecular flexibility index (Phi) is 2.63. The number of benzene rings is 1. The van der Waals surface area contributed by atoms with Gasteiger partial charge in [0.05, 0.1) is 22.6 Å². The molecule has 0 aliphatic rings. The molecule has 6 nitrogen and oxygen atoms in total. The largest absolute Gasteiger partial charge is 0.369 e. The van der Waals surface area contributed by atoms with Gasteiger partial charge in [-0.15, -0.1) is 0 Å². The molecule has 0 saturated heterocycles. The van der Waals surface area contributed by atoms with Crippen molar-refractivity contribution >= 4 is 28.6 Å². The lowest BCUT2D eigenvalue weighted by Gasteiger charge is -2.03. The van der Waals surface area contributed by atoms with E-state index in [2.05, 4.69) is 15.1 Å². The second-order valence-electron chi connectivity index (χ2n) is 4.04. The Morgan fingerprint density at radius 3 is 2.89 bits per heavy atom. The highest BCUT2D eigenvalue weighted by Crippen LogP contribution is 2.25. The number of halogens is 2. The van der Waals surface area contributed by atoms with Crippen LogP contribution in [-0.2, 0) is 6.54 Å². The van der Waals surface area contributed by atoms with Crippen molar-refractivity contribution in [1.29, 1.82) is 0 Å². The van der Waals surface area contributed by atoms with E-state index in [-0.39, 0.29) is 17.5 Å². The van der Waals surface area contributed by atoms with E-state index in [1.165, 1.54) is 12.1 Å². The third kappa shape index (κ3) is 2.01. The fourth-order valence-electron chi connectivity index (χ4n) is 1.85. The Morgan fingerprint density at radius 1 is 1.42 bits per heavy atom. The quantitative estimate of drug-likeness (QED) is 0.778. The van der Waals surface area contributed by atoms with Crippen LogP contribution in [0.1, 0.15) is 11.7 Å². The van der Waals surface area contributed by atoms with Gasteiger partial charge in [-0.1, -0.05) is 16.8 Å². The lowest BCUT2D eigenvalue weighted by molar-refractivity contribution is 0.386. The smallest absolute Gasteiger partial charge is 0.223 e. The van der Waals surface area contributed by atoms with Crippen LogP contribution < -0.4 is 5.73 Å². The average molecular weight is 282 g/mol. The van der Waals surface area contributed by atoms with Gasteiger partial charge in [-0.05, 0) is 6.07 Å². The number of imidazole rings is 1. The Balaban J connectivity index is 2.12. The average Bonchev–Trinajstić information content (AvgIpc) is 2.87. The van der Waals surface area contributed by atoms with Crippen molar-refractivity contribution in [3.63, 3.8) is 0 Å². The van der Waals surface area contributed by atoms with Crippen molar-refractivity contribution in [3.05, 3.63) is 34.7 Å². The predicted molar refractivity (Wildman–Crippen MR) is 67.3 cm³/mol. The zero-order valence-electron chi connectivity index (χ0n) is 9.89. The van der Waals surface area contributed by atoms with Crippen LogP contribution in [0.4, 0.5) is 10.3 Å². The third-order valence-corrected chi connectivity index (χ3v) is 2.98. The number of nitrogens with zero attached hydrogens (tertiary/aromatic N) is 4. The van der Waals surface area contributed by atoms with Crippen LogP contribution in [0.5, 0.6) is 0 Å². The van der Waals surface area contributed by atoms with Crippen LogP contribution in [0.25, 0.3) is 11.0 Å². The first-order chi connectivity index (χ1) is 9.04. The number of nitrogens with two attached hydrogens (primary N) is 1. The van der Waals surface area contributed by atoms with Gasteiger partial charge in [-0.2, -0.15) is 4.98 Å². The molecular weight excluding hydrogens is 273 g/mol. The topological polar surface area (TPSA) is 82.8 Å². The molecule has 0 radical (unpaired) electrons. The molecule has 0 aliphatic heterocycles. The van der Waals surface area contributed by atoms with E-state index in [4.69, 9.17) is 21.9 Å². The number of fused-ring (bicyclic) bond motifs is 1. The summed E-state index contributed by atoms with van der Waals surface area (Å²) in [5.74, 6) is 0.624. The number of aryl methyl sites for hydroxylation is 1.